The number of nitrogens with one attached hydrogen (secondary N) is 1. The van der Waals surface area contributed by atoms with Gasteiger partial charge in [-0.15, -0.1) is 0 Å². The Morgan fingerprint density at radius 2 is 1.97 bits per heavy atom. The van der Waals surface area contributed by atoms with Crippen molar-refractivity contribution < 1.29 is 14.0 Å². The highest BCUT2D eigenvalue weighted by molar-refractivity contribution is 6.63. The molecule has 3 N–H and O–H groups in total. The predicted octanol–water partition coefficient (Wildman–Crippen LogP) is 4.21. The molecule has 3 aliphatic carbocycles. The SMILES string of the molecule is COc1cc(-c2cc[nH]n2)c(-c2ccc3c(N)cnnc3c2)cc1B1OC2C[C@@H]3C[C@@H](C3(C)C)[C@]2(C)O1. The Morgan fingerprint density at radius 1 is 1.11 bits per heavy atom. The van der Waals surface area contributed by atoms with Crippen molar-refractivity contribution in [1.29, 1.82) is 0 Å². The average Bonchev–Trinajstić information content (AvgIpc) is 3.55. The van der Waals surface area contributed by atoms with Gasteiger partial charge in [0.15, 0.2) is 0 Å². The lowest BCUT2D eigenvalue weighted by atomic mass is 9.43. The Balaban J connectivity index is 1.36. The number of anilines is 1. The van der Waals surface area contributed by atoms with E-state index in [4.69, 9.17) is 19.8 Å². The van der Waals surface area contributed by atoms with E-state index in [0.29, 0.717) is 23.3 Å². The molecule has 0 radical (unpaired) electrons. The molecule has 4 aromatic rings. The Labute approximate surface area is 216 Å². The number of aromatic amines is 1. The van der Waals surface area contributed by atoms with Gasteiger partial charge in [0.05, 0.1) is 41.9 Å². The van der Waals surface area contributed by atoms with Crippen LogP contribution in [0.2, 0.25) is 0 Å². The highest BCUT2D eigenvalue weighted by Crippen LogP contribution is 2.65. The molecule has 4 aliphatic rings. The predicted molar refractivity (Wildman–Crippen MR) is 143 cm³/mol. The molecule has 1 aliphatic heterocycles. The van der Waals surface area contributed by atoms with Crippen molar-refractivity contribution in [3.8, 4) is 28.1 Å². The van der Waals surface area contributed by atoms with Crippen molar-refractivity contribution in [1.82, 2.24) is 20.4 Å². The van der Waals surface area contributed by atoms with Gasteiger partial charge in [-0.2, -0.15) is 15.3 Å². The molecule has 9 heteroatoms. The number of rotatable bonds is 4. The van der Waals surface area contributed by atoms with Crippen LogP contribution < -0.4 is 15.9 Å². The highest BCUT2D eigenvalue weighted by atomic mass is 16.7. The maximum Gasteiger partial charge on any atom is 0.498 e. The first-order chi connectivity index (χ1) is 17.8. The zero-order valence-electron chi connectivity index (χ0n) is 21.5. The van der Waals surface area contributed by atoms with Crippen molar-refractivity contribution in [3.63, 3.8) is 0 Å². The lowest BCUT2D eigenvalue weighted by Crippen LogP contribution is -2.65. The van der Waals surface area contributed by atoms with Crippen LogP contribution in [0.25, 0.3) is 33.3 Å². The second-order valence-electron chi connectivity index (χ2n) is 11.4. The van der Waals surface area contributed by atoms with Crippen LogP contribution in [0.5, 0.6) is 5.75 Å². The number of aromatic nitrogens is 4. The van der Waals surface area contributed by atoms with Gasteiger partial charge in [0.25, 0.3) is 0 Å². The number of nitrogen functional groups attached to an aromatic ring is 1. The lowest BCUT2D eigenvalue weighted by Gasteiger charge is -2.64. The molecular weight excluding hydrogens is 465 g/mol. The minimum absolute atomic E-state index is 0.0763. The number of nitrogens with two attached hydrogens (primary N) is 1. The molecule has 188 valence electrons. The Hall–Kier alpha value is -3.43. The summed E-state index contributed by atoms with van der Waals surface area (Å²) in [7, 11) is 1.17. The van der Waals surface area contributed by atoms with Crippen molar-refractivity contribution in [3.05, 3.63) is 48.8 Å². The van der Waals surface area contributed by atoms with Crippen LogP contribution >= 0.6 is 0 Å². The van der Waals surface area contributed by atoms with Gasteiger partial charge in [-0.25, -0.2) is 0 Å². The third-order valence-corrected chi connectivity index (χ3v) is 9.33. The molecule has 8 nitrogen and oxygen atoms in total. The van der Waals surface area contributed by atoms with E-state index in [0.717, 1.165) is 45.2 Å². The van der Waals surface area contributed by atoms with Crippen LogP contribution in [0, 0.1) is 17.3 Å². The average molecular weight is 495 g/mol. The number of hydrogen-bond donors (Lipinski definition) is 2. The van der Waals surface area contributed by atoms with E-state index in [1.54, 1.807) is 13.3 Å². The summed E-state index contributed by atoms with van der Waals surface area (Å²) >= 11 is 0. The number of hydrogen-bond acceptors (Lipinski definition) is 7. The monoisotopic (exact) mass is 495 g/mol. The summed E-state index contributed by atoms with van der Waals surface area (Å²) in [5.41, 5.74) is 12.0. The standard InChI is InChI=1S/C28H30BN5O3/c1-27(2)16-10-25(27)28(3)26(11-16)36-29(37-28)20-12-18(19(13-24(20)35-4)22-7-8-31-33-22)15-5-6-17-21(30)14-32-34-23(17)9-15/h5-9,12-14,16,25-26H,10-11H2,1-4H3,(H2,30,34)(H,31,33)/t16-,25-,26?,28-/m0/s1. The summed E-state index contributed by atoms with van der Waals surface area (Å²) in [5, 5.41) is 16.6. The molecule has 0 amide bonds. The number of nitrogens with zero attached hydrogens (tertiary/aromatic N) is 3. The van der Waals surface area contributed by atoms with Crippen LogP contribution in [0.3, 0.4) is 0 Å². The maximum absolute atomic E-state index is 6.81. The number of methoxy groups -OCH3 is 1. The minimum atomic E-state index is -0.511. The van der Waals surface area contributed by atoms with E-state index in [-0.39, 0.29) is 17.1 Å². The van der Waals surface area contributed by atoms with Crippen molar-refractivity contribution in [2.75, 3.05) is 12.8 Å². The van der Waals surface area contributed by atoms with E-state index in [1.807, 2.05) is 30.5 Å². The second-order valence-corrected chi connectivity index (χ2v) is 11.4. The molecule has 2 bridgehead atoms. The molecule has 8 rings (SSSR count). The van der Waals surface area contributed by atoms with E-state index < -0.39 is 7.12 Å². The number of fused-ring (bicyclic) bond motifs is 1. The first-order valence-electron chi connectivity index (χ1n) is 12.9. The molecule has 2 aromatic heterocycles. The van der Waals surface area contributed by atoms with Gasteiger partial charge in [0.1, 0.15) is 5.75 Å². The summed E-state index contributed by atoms with van der Waals surface area (Å²) in [4.78, 5) is 0. The van der Waals surface area contributed by atoms with Crippen LogP contribution in [-0.4, -0.2) is 46.3 Å². The smallest absolute Gasteiger partial charge is 0.497 e. The van der Waals surface area contributed by atoms with Gasteiger partial charge in [0, 0.05) is 22.6 Å². The second kappa shape index (κ2) is 7.79. The van der Waals surface area contributed by atoms with Gasteiger partial charge in [-0.1, -0.05) is 26.0 Å². The van der Waals surface area contributed by atoms with E-state index in [2.05, 4.69) is 53.3 Å². The quantitative estimate of drug-likeness (QED) is 0.409. The van der Waals surface area contributed by atoms with Gasteiger partial charge in [-0.3, -0.25) is 5.10 Å². The first-order valence-corrected chi connectivity index (χ1v) is 12.9. The third-order valence-electron chi connectivity index (χ3n) is 9.33. The van der Waals surface area contributed by atoms with Gasteiger partial charge in [0.2, 0.25) is 0 Å². The molecule has 3 saturated carbocycles. The zero-order valence-corrected chi connectivity index (χ0v) is 21.5. The first kappa shape index (κ1) is 22.7. The molecule has 2 aromatic carbocycles. The molecule has 37 heavy (non-hydrogen) atoms. The van der Waals surface area contributed by atoms with Crippen molar-refractivity contribution >= 4 is 29.2 Å². The fraction of sp³-hybridized carbons (Fsp3) is 0.393. The number of ether oxygens (including phenoxy) is 1. The summed E-state index contributed by atoms with van der Waals surface area (Å²) in [5.74, 6) is 1.88. The normalized spacial score (nSPS) is 27.7. The van der Waals surface area contributed by atoms with Crippen LogP contribution in [0.15, 0.2) is 48.8 Å². The van der Waals surface area contributed by atoms with Crippen molar-refractivity contribution in [2.24, 2.45) is 17.3 Å². The number of H-pyrrole nitrogens is 1. The van der Waals surface area contributed by atoms with Crippen LogP contribution in [0.1, 0.15) is 33.6 Å². The topological polar surface area (TPSA) is 108 Å². The maximum atomic E-state index is 6.81. The molecule has 0 spiro atoms. The van der Waals surface area contributed by atoms with E-state index >= 15 is 0 Å². The molecule has 4 atom stereocenters. The summed E-state index contributed by atoms with van der Waals surface area (Å²) in [6.07, 6.45) is 5.70. The van der Waals surface area contributed by atoms with Gasteiger partial charge in [-0.05, 0) is 72.4 Å². The Bertz CT molecular complexity index is 1520. The fourth-order valence-electron chi connectivity index (χ4n) is 7.07. The van der Waals surface area contributed by atoms with Crippen LogP contribution in [0.4, 0.5) is 5.69 Å². The van der Waals surface area contributed by atoms with E-state index in [9.17, 15) is 0 Å². The van der Waals surface area contributed by atoms with Gasteiger partial charge >= 0.3 is 7.12 Å². The molecular formula is C28H30BN5O3. The zero-order chi connectivity index (χ0) is 25.5. The highest BCUT2D eigenvalue weighted by Gasteiger charge is 2.68. The van der Waals surface area contributed by atoms with Crippen molar-refractivity contribution in [2.45, 2.75) is 45.3 Å². The van der Waals surface area contributed by atoms with E-state index in [1.165, 1.54) is 6.42 Å². The summed E-state index contributed by atoms with van der Waals surface area (Å²) in [6.45, 7) is 6.98. The summed E-state index contributed by atoms with van der Waals surface area (Å²) < 4.78 is 19.3. The lowest BCUT2D eigenvalue weighted by molar-refractivity contribution is -0.199. The molecule has 1 unspecified atom stereocenters. The fourth-order valence-corrected chi connectivity index (χ4v) is 7.07. The van der Waals surface area contributed by atoms with Crippen LogP contribution in [-0.2, 0) is 9.31 Å². The molecule has 3 heterocycles. The Morgan fingerprint density at radius 3 is 2.73 bits per heavy atom. The molecule has 4 fully saturated rings. The number of benzene rings is 2. The summed E-state index contributed by atoms with van der Waals surface area (Å²) in [6, 6.07) is 12.1. The van der Waals surface area contributed by atoms with Gasteiger partial charge < -0.3 is 19.8 Å². The minimum Gasteiger partial charge on any atom is -0.497 e. The Kier molecular flexibility index (Phi) is 4.79. The third kappa shape index (κ3) is 3.20. The largest absolute Gasteiger partial charge is 0.498 e. The molecule has 1 saturated heterocycles.